The zero-order chi connectivity index (χ0) is 33.4. The van der Waals surface area contributed by atoms with Crippen molar-refractivity contribution in [2.24, 2.45) is 0 Å². The largest absolute Gasteiger partial charge is 0.463 e. The Morgan fingerprint density at radius 2 is 1.00 bits per heavy atom. The molecule has 0 saturated carbocycles. The third kappa shape index (κ3) is 5.38. The molecule has 3 heterocycles. The number of esters is 2. The maximum absolute atomic E-state index is 13.8. The van der Waals surface area contributed by atoms with Crippen molar-refractivity contribution in [3.05, 3.63) is 128 Å². The van der Waals surface area contributed by atoms with Crippen LogP contribution in [0.2, 0.25) is 5.02 Å². The van der Waals surface area contributed by atoms with E-state index in [-0.39, 0.29) is 63.0 Å². The molecule has 1 N–H and O–H groups in total. The van der Waals surface area contributed by atoms with E-state index in [1.54, 1.807) is 62.4 Å². The first kappa shape index (κ1) is 31.4. The van der Waals surface area contributed by atoms with Gasteiger partial charge < -0.3 is 14.8 Å². The maximum atomic E-state index is 13.8. The lowest BCUT2D eigenvalue weighted by Crippen LogP contribution is -2.44. The third-order valence-corrected chi connectivity index (χ3v) is 8.47. The van der Waals surface area contributed by atoms with E-state index in [2.05, 4.69) is 5.32 Å². The van der Waals surface area contributed by atoms with Gasteiger partial charge in [0, 0.05) is 16.4 Å². The van der Waals surface area contributed by atoms with Crippen LogP contribution >= 0.6 is 11.6 Å². The Balaban J connectivity index is 1.54. The van der Waals surface area contributed by atoms with Crippen LogP contribution in [-0.4, -0.2) is 71.7 Å². The summed E-state index contributed by atoms with van der Waals surface area (Å²) in [6.45, 7) is 2.31. The van der Waals surface area contributed by atoms with E-state index in [4.69, 9.17) is 21.1 Å². The van der Waals surface area contributed by atoms with Gasteiger partial charge >= 0.3 is 11.9 Å². The molecule has 3 aromatic carbocycles. The second-order valence-electron chi connectivity index (χ2n) is 10.8. The van der Waals surface area contributed by atoms with Gasteiger partial charge in [0.15, 0.2) is 0 Å². The molecule has 3 aromatic rings. The van der Waals surface area contributed by atoms with Crippen molar-refractivity contribution in [1.29, 1.82) is 0 Å². The van der Waals surface area contributed by atoms with E-state index in [1.807, 2.05) is 0 Å². The number of hydrogen-bond acceptors (Lipinski definition) is 9. The minimum absolute atomic E-state index is 0.0295. The molecule has 0 unspecified atom stereocenters. The summed E-state index contributed by atoms with van der Waals surface area (Å²) in [6.07, 6.45) is 0. The topological polar surface area (TPSA) is 139 Å². The number of imide groups is 2. The minimum atomic E-state index is -1.24. The highest BCUT2D eigenvalue weighted by molar-refractivity contribution is 6.31. The van der Waals surface area contributed by atoms with E-state index in [9.17, 15) is 28.8 Å². The van der Waals surface area contributed by atoms with Crippen molar-refractivity contribution in [3.8, 4) is 0 Å². The van der Waals surface area contributed by atoms with Crippen LogP contribution < -0.4 is 5.32 Å². The van der Waals surface area contributed by atoms with Gasteiger partial charge in [0.05, 0.1) is 65.6 Å². The van der Waals surface area contributed by atoms with Gasteiger partial charge in [0.25, 0.3) is 23.6 Å². The van der Waals surface area contributed by atoms with Gasteiger partial charge in [-0.15, -0.1) is 0 Å². The number of dihydropyridines is 1. The number of halogens is 1. The molecular weight excluding hydrogens is 626 g/mol. The molecule has 3 aliphatic rings. The van der Waals surface area contributed by atoms with Crippen LogP contribution in [0.5, 0.6) is 0 Å². The predicted octanol–water partition coefficient (Wildman–Crippen LogP) is 4.25. The summed E-state index contributed by atoms with van der Waals surface area (Å²) >= 11 is 6.70. The van der Waals surface area contributed by atoms with Crippen molar-refractivity contribution in [3.63, 3.8) is 0 Å². The number of hydrogen-bond donors (Lipinski definition) is 1. The SMILES string of the molecule is CCOC(=O)C1=C(CN2C(=O)c3ccccc3C2=O)NC(CN2C(=O)c3ccccc3C2=O)=C(C(=O)OCC)C1c1ccccc1Cl. The molecule has 0 aliphatic carbocycles. The summed E-state index contributed by atoms with van der Waals surface area (Å²) < 4.78 is 10.9. The number of rotatable bonds is 9. The number of carbonyl (C=O) groups excluding carboxylic acids is 6. The van der Waals surface area contributed by atoms with Gasteiger partial charge in [-0.3, -0.25) is 29.0 Å². The Morgan fingerprint density at radius 1 is 0.638 bits per heavy atom. The number of nitrogens with zero attached hydrogens (tertiary/aromatic N) is 2. The van der Waals surface area contributed by atoms with Crippen molar-refractivity contribution in [1.82, 2.24) is 15.1 Å². The molecule has 0 spiro atoms. The molecule has 0 fully saturated rings. The average Bonchev–Trinajstić information content (AvgIpc) is 3.45. The van der Waals surface area contributed by atoms with Gasteiger partial charge in [-0.05, 0) is 49.7 Å². The number of nitrogens with one attached hydrogen (secondary N) is 1. The first-order valence-corrected chi connectivity index (χ1v) is 15.3. The Bertz CT molecular complexity index is 1760. The van der Waals surface area contributed by atoms with Crippen LogP contribution in [0.15, 0.2) is 95.3 Å². The number of ether oxygens (including phenoxy) is 2. The van der Waals surface area contributed by atoms with Crippen LogP contribution in [0, 0.1) is 0 Å². The predicted molar refractivity (Wildman–Crippen MR) is 168 cm³/mol. The van der Waals surface area contributed by atoms with Gasteiger partial charge in [-0.2, -0.15) is 0 Å². The van der Waals surface area contributed by atoms with E-state index in [0.717, 1.165) is 9.80 Å². The number of benzene rings is 3. The first-order valence-electron chi connectivity index (χ1n) is 14.9. The molecular formula is C35H28ClN3O8. The van der Waals surface area contributed by atoms with Crippen molar-refractivity contribution >= 4 is 47.2 Å². The Labute approximate surface area is 274 Å². The van der Waals surface area contributed by atoms with E-state index < -0.39 is 54.6 Å². The molecule has 11 nitrogen and oxygen atoms in total. The summed E-state index contributed by atoms with van der Waals surface area (Å²) in [6, 6.07) is 19.2. The lowest BCUT2D eigenvalue weighted by atomic mass is 9.79. The fraction of sp³-hybridized carbons (Fsp3) is 0.200. The molecule has 47 heavy (non-hydrogen) atoms. The average molecular weight is 654 g/mol. The van der Waals surface area contributed by atoms with Crippen LogP contribution in [0.25, 0.3) is 0 Å². The highest BCUT2D eigenvalue weighted by Crippen LogP contribution is 2.43. The fourth-order valence-electron chi connectivity index (χ4n) is 6.06. The number of amides is 4. The molecule has 0 aromatic heterocycles. The molecule has 0 atom stereocenters. The van der Waals surface area contributed by atoms with Gasteiger partial charge in [0.1, 0.15) is 0 Å². The lowest BCUT2D eigenvalue weighted by Gasteiger charge is -2.34. The third-order valence-electron chi connectivity index (χ3n) is 8.13. The highest BCUT2D eigenvalue weighted by atomic mass is 35.5. The van der Waals surface area contributed by atoms with E-state index in [0.29, 0.717) is 5.56 Å². The van der Waals surface area contributed by atoms with Gasteiger partial charge in [0.2, 0.25) is 0 Å². The molecule has 4 amide bonds. The normalized spacial score (nSPS) is 16.1. The molecule has 3 aliphatic heterocycles. The molecule has 0 bridgehead atoms. The summed E-state index contributed by atoms with van der Waals surface area (Å²) in [4.78, 5) is 83.5. The number of carbonyl (C=O) groups is 6. The standard InChI is InChI=1S/C35H28ClN3O8/c1-3-46-34(44)28-25(17-38-30(40)19-11-5-6-12-20(19)31(38)41)37-26(18-39-32(42)21-13-7-8-14-22(21)33(39)43)29(35(45)47-4-2)27(28)23-15-9-10-16-24(23)36/h5-16,27,37H,3-4,17-18H2,1-2H3. The number of fused-ring (bicyclic) bond motifs is 2. The van der Waals surface area contributed by atoms with Crippen molar-refractivity contribution < 1.29 is 38.2 Å². The van der Waals surface area contributed by atoms with Crippen LogP contribution in [0.3, 0.4) is 0 Å². The molecule has 6 rings (SSSR count). The summed E-state index contributed by atoms with van der Waals surface area (Å²) in [5, 5.41) is 3.26. The lowest BCUT2D eigenvalue weighted by molar-refractivity contribution is -0.139. The summed E-state index contributed by atoms with van der Waals surface area (Å²) in [5.74, 6) is -5.24. The van der Waals surface area contributed by atoms with Gasteiger partial charge in [-0.25, -0.2) is 9.59 Å². The maximum Gasteiger partial charge on any atom is 0.336 e. The van der Waals surface area contributed by atoms with Crippen LogP contribution in [0.1, 0.15) is 66.8 Å². The van der Waals surface area contributed by atoms with Crippen LogP contribution in [0.4, 0.5) is 0 Å². The second kappa shape index (κ2) is 12.7. The summed E-state index contributed by atoms with van der Waals surface area (Å²) in [7, 11) is 0. The Morgan fingerprint density at radius 3 is 1.36 bits per heavy atom. The minimum Gasteiger partial charge on any atom is -0.463 e. The van der Waals surface area contributed by atoms with Crippen molar-refractivity contribution in [2.45, 2.75) is 19.8 Å². The first-order chi connectivity index (χ1) is 22.7. The smallest absolute Gasteiger partial charge is 0.336 e. The second-order valence-corrected chi connectivity index (χ2v) is 11.2. The Kier molecular flexibility index (Phi) is 8.48. The summed E-state index contributed by atoms with van der Waals surface area (Å²) in [5.41, 5.74) is 1.01. The van der Waals surface area contributed by atoms with Crippen molar-refractivity contribution in [2.75, 3.05) is 26.3 Å². The van der Waals surface area contributed by atoms with Gasteiger partial charge in [-0.1, -0.05) is 54.1 Å². The monoisotopic (exact) mass is 653 g/mol. The molecule has 12 heteroatoms. The molecule has 0 saturated heterocycles. The molecule has 0 radical (unpaired) electrons. The van der Waals surface area contributed by atoms with E-state index >= 15 is 0 Å². The van der Waals surface area contributed by atoms with Crippen LogP contribution in [-0.2, 0) is 19.1 Å². The zero-order valence-electron chi connectivity index (χ0n) is 25.4. The fourth-order valence-corrected chi connectivity index (χ4v) is 6.31. The Hall–Kier alpha value is -5.55. The zero-order valence-corrected chi connectivity index (χ0v) is 26.1. The van der Waals surface area contributed by atoms with E-state index in [1.165, 1.54) is 24.3 Å². The quantitative estimate of drug-likeness (QED) is 0.265. The molecule has 238 valence electrons. The highest BCUT2D eigenvalue weighted by Gasteiger charge is 2.45.